The zero-order valence-electron chi connectivity index (χ0n) is 16.3. The average molecular weight is 380 g/mol. The molecule has 0 aromatic heterocycles. The Hall–Kier alpha value is -3.15. The van der Waals surface area contributed by atoms with Crippen LogP contribution < -0.4 is 0 Å². The van der Waals surface area contributed by atoms with E-state index in [2.05, 4.69) is 34.6 Å². The minimum Gasteiger partial charge on any atom is -0.464 e. The van der Waals surface area contributed by atoms with Crippen molar-refractivity contribution in [3.63, 3.8) is 0 Å². The standard InChI is InChI=1S/C22H24N2O4/c1-15(19-13-20(19)16-9-5-4-6-10-16)23-28-14-17-11-7-8-12-18(17)21(24-27-3)22(25)26-2/h4-12,19-20H,13-14H2,1-3H3/t19-,20-/m0/s1. The van der Waals surface area contributed by atoms with Gasteiger partial charge in [-0.1, -0.05) is 64.9 Å². The van der Waals surface area contributed by atoms with Gasteiger partial charge >= 0.3 is 5.97 Å². The Bertz CT molecular complexity index is 877. The number of methoxy groups -OCH3 is 1. The summed E-state index contributed by atoms with van der Waals surface area (Å²) in [5.41, 5.74) is 3.78. The third-order valence-electron chi connectivity index (χ3n) is 4.82. The number of rotatable bonds is 8. The van der Waals surface area contributed by atoms with Gasteiger partial charge in [-0.15, -0.1) is 0 Å². The Morgan fingerprint density at radius 2 is 1.75 bits per heavy atom. The molecule has 0 radical (unpaired) electrons. The summed E-state index contributed by atoms with van der Waals surface area (Å²) in [4.78, 5) is 22.4. The number of esters is 1. The molecule has 2 aromatic rings. The molecular weight excluding hydrogens is 356 g/mol. The summed E-state index contributed by atoms with van der Waals surface area (Å²) < 4.78 is 4.79. The van der Waals surface area contributed by atoms with Gasteiger partial charge in [-0.2, -0.15) is 0 Å². The van der Waals surface area contributed by atoms with Gasteiger partial charge in [0.2, 0.25) is 0 Å². The van der Waals surface area contributed by atoms with E-state index in [1.165, 1.54) is 19.8 Å². The highest BCUT2D eigenvalue weighted by Crippen LogP contribution is 2.48. The van der Waals surface area contributed by atoms with Crippen molar-refractivity contribution in [2.24, 2.45) is 16.2 Å². The molecule has 1 saturated carbocycles. The van der Waals surface area contributed by atoms with E-state index in [4.69, 9.17) is 14.4 Å². The maximum Gasteiger partial charge on any atom is 0.360 e. The van der Waals surface area contributed by atoms with Gasteiger partial charge in [-0.25, -0.2) is 4.79 Å². The highest BCUT2D eigenvalue weighted by Gasteiger charge is 2.40. The summed E-state index contributed by atoms with van der Waals surface area (Å²) in [6.45, 7) is 2.21. The zero-order chi connectivity index (χ0) is 19.9. The van der Waals surface area contributed by atoms with Crippen LogP contribution in [0.1, 0.15) is 36.0 Å². The first-order valence-corrected chi connectivity index (χ1v) is 9.14. The first kappa shape index (κ1) is 19.6. The second-order valence-electron chi connectivity index (χ2n) is 6.64. The van der Waals surface area contributed by atoms with Gasteiger partial charge in [0.1, 0.15) is 13.7 Å². The molecule has 0 aliphatic heterocycles. The van der Waals surface area contributed by atoms with Crippen molar-refractivity contribution < 1.29 is 19.2 Å². The normalized spacial score (nSPS) is 19.1. The minimum atomic E-state index is -0.572. The molecule has 0 heterocycles. The summed E-state index contributed by atoms with van der Waals surface area (Å²) in [5.74, 6) is 0.358. The molecule has 3 rings (SSSR count). The maximum absolute atomic E-state index is 12.0. The van der Waals surface area contributed by atoms with Crippen LogP contribution in [0.25, 0.3) is 0 Å². The van der Waals surface area contributed by atoms with Gasteiger partial charge in [0.05, 0.1) is 12.8 Å². The van der Waals surface area contributed by atoms with Crippen LogP contribution in [0.5, 0.6) is 0 Å². The van der Waals surface area contributed by atoms with Gasteiger partial charge in [-0.3, -0.25) is 0 Å². The monoisotopic (exact) mass is 380 g/mol. The van der Waals surface area contributed by atoms with E-state index < -0.39 is 5.97 Å². The molecule has 0 bridgehead atoms. The lowest BCUT2D eigenvalue weighted by molar-refractivity contribution is -0.132. The minimum absolute atomic E-state index is 0.0937. The van der Waals surface area contributed by atoms with Crippen LogP contribution in [-0.4, -0.2) is 31.6 Å². The number of carbonyl (C=O) groups is 1. The van der Waals surface area contributed by atoms with Crippen molar-refractivity contribution in [2.75, 3.05) is 14.2 Å². The van der Waals surface area contributed by atoms with Gasteiger partial charge in [0.25, 0.3) is 0 Å². The lowest BCUT2D eigenvalue weighted by Crippen LogP contribution is -2.19. The van der Waals surface area contributed by atoms with Crippen molar-refractivity contribution >= 4 is 17.4 Å². The molecule has 0 spiro atoms. The lowest BCUT2D eigenvalue weighted by atomic mass is 10.0. The maximum atomic E-state index is 12.0. The Labute approximate surface area is 164 Å². The van der Waals surface area contributed by atoms with Crippen molar-refractivity contribution in [1.82, 2.24) is 0 Å². The van der Waals surface area contributed by atoms with Crippen LogP contribution >= 0.6 is 0 Å². The van der Waals surface area contributed by atoms with E-state index in [0.717, 1.165) is 17.7 Å². The van der Waals surface area contributed by atoms with E-state index in [1.807, 2.05) is 31.2 Å². The number of ether oxygens (including phenoxy) is 1. The average Bonchev–Trinajstić information content (AvgIpc) is 3.54. The third-order valence-corrected chi connectivity index (χ3v) is 4.82. The number of hydrogen-bond donors (Lipinski definition) is 0. The smallest absolute Gasteiger partial charge is 0.360 e. The topological polar surface area (TPSA) is 69.5 Å². The van der Waals surface area contributed by atoms with Crippen LogP contribution in [0.15, 0.2) is 64.9 Å². The molecular formula is C22H24N2O4. The van der Waals surface area contributed by atoms with E-state index in [0.29, 0.717) is 17.4 Å². The predicted octanol–water partition coefficient (Wildman–Crippen LogP) is 3.91. The summed E-state index contributed by atoms with van der Waals surface area (Å²) in [7, 11) is 2.69. The number of nitrogens with zero attached hydrogens (tertiary/aromatic N) is 2. The lowest BCUT2D eigenvalue weighted by Gasteiger charge is -2.10. The molecule has 1 aliphatic rings. The highest BCUT2D eigenvalue weighted by atomic mass is 16.6. The fourth-order valence-corrected chi connectivity index (χ4v) is 3.26. The molecule has 28 heavy (non-hydrogen) atoms. The van der Waals surface area contributed by atoms with Crippen LogP contribution in [0, 0.1) is 5.92 Å². The predicted molar refractivity (Wildman–Crippen MR) is 107 cm³/mol. The number of carbonyl (C=O) groups excluding carboxylic acids is 1. The summed E-state index contributed by atoms with van der Waals surface area (Å²) >= 11 is 0. The van der Waals surface area contributed by atoms with Gasteiger partial charge in [-0.05, 0) is 24.8 Å². The molecule has 1 aliphatic carbocycles. The second-order valence-corrected chi connectivity index (χ2v) is 6.64. The van der Waals surface area contributed by atoms with Gasteiger partial charge in [0, 0.05) is 17.0 Å². The van der Waals surface area contributed by atoms with Crippen LogP contribution in [0.2, 0.25) is 0 Å². The highest BCUT2D eigenvalue weighted by molar-refractivity contribution is 6.43. The van der Waals surface area contributed by atoms with E-state index in [9.17, 15) is 4.79 Å². The summed E-state index contributed by atoms with van der Waals surface area (Å²) in [6.07, 6.45) is 1.09. The van der Waals surface area contributed by atoms with E-state index >= 15 is 0 Å². The van der Waals surface area contributed by atoms with Crippen LogP contribution in [0.4, 0.5) is 0 Å². The third kappa shape index (κ3) is 4.57. The summed E-state index contributed by atoms with van der Waals surface area (Å²) in [6, 6.07) is 17.8. The van der Waals surface area contributed by atoms with Crippen molar-refractivity contribution in [1.29, 1.82) is 0 Å². The summed E-state index contributed by atoms with van der Waals surface area (Å²) in [5, 5.41) is 8.10. The molecule has 146 valence electrons. The molecule has 0 N–H and O–H groups in total. The molecule has 6 heteroatoms. The van der Waals surface area contributed by atoms with Gasteiger partial charge in [0.15, 0.2) is 5.71 Å². The first-order chi connectivity index (χ1) is 13.7. The van der Waals surface area contributed by atoms with Crippen molar-refractivity contribution in [3.8, 4) is 0 Å². The molecule has 1 fully saturated rings. The second kappa shape index (κ2) is 9.17. The molecule has 2 atom stereocenters. The quantitative estimate of drug-likeness (QED) is 0.396. The van der Waals surface area contributed by atoms with Crippen molar-refractivity contribution in [2.45, 2.75) is 25.9 Å². The Morgan fingerprint density at radius 1 is 1.04 bits per heavy atom. The number of hydrogen-bond acceptors (Lipinski definition) is 6. The SMILES string of the molecule is CON=C(C(=O)OC)c1ccccc1CON=C(C)[C@@H]1C[C@H]1c1ccccc1. The fraction of sp³-hybridized carbons (Fsp3) is 0.318. The molecule has 0 saturated heterocycles. The molecule has 2 aromatic carbocycles. The zero-order valence-corrected chi connectivity index (χ0v) is 16.3. The van der Waals surface area contributed by atoms with Gasteiger partial charge < -0.3 is 14.4 Å². The Kier molecular flexibility index (Phi) is 6.42. The molecule has 0 amide bonds. The van der Waals surface area contributed by atoms with Crippen molar-refractivity contribution in [3.05, 3.63) is 71.3 Å². The number of oxime groups is 2. The molecule has 0 unspecified atom stereocenters. The Balaban J connectivity index is 1.66. The first-order valence-electron chi connectivity index (χ1n) is 9.14. The Morgan fingerprint density at radius 3 is 2.46 bits per heavy atom. The van der Waals surface area contributed by atoms with E-state index in [-0.39, 0.29) is 12.3 Å². The molecule has 6 nitrogen and oxygen atoms in total. The number of benzene rings is 2. The largest absolute Gasteiger partial charge is 0.464 e. The fourth-order valence-electron chi connectivity index (χ4n) is 3.26. The van der Waals surface area contributed by atoms with E-state index in [1.54, 1.807) is 6.07 Å². The van der Waals surface area contributed by atoms with Crippen LogP contribution in [-0.2, 0) is 25.8 Å². The van der Waals surface area contributed by atoms with Crippen LogP contribution in [0.3, 0.4) is 0 Å².